The van der Waals surface area contributed by atoms with E-state index in [0.29, 0.717) is 32.8 Å². The van der Waals surface area contributed by atoms with Gasteiger partial charge in [0.05, 0.1) is 16.8 Å². The van der Waals surface area contributed by atoms with E-state index in [9.17, 15) is 4.79 Å². The molecule has 0 N–H and O–H groups in total. The fourth-order valence-electron chi connectivity index (χ4n) is 3.86. The van der Waals surface area contributed by atoms with Crippen molar-refractivity contribution in [3.8, 4) is 5.75 Å². The summed E-state index contributed by atoms with van der Waals surface area (Å²) >= 11 is 22.2. The summed E-state index contributed by atoms with van der Waals surface area (Å²) in [7, 11) is 0. The Bertz CT molecular complexity index is 1210. The van der Waals surface area contributed by atoms with Gasteiger partial charge in [-0.25, -0.2) is 5.01 Å². The van der Waals surface area contributed by atoms with Crippen LogP contribution >= 0.6 is 50.7 Å². The second kappa shape index (κ2) is 8.14. The first kappa shape index (κ1) is 20.8. The van der Waals surface area contributed by atoms with E-state index in [2.05, 4.69) is 15.9 Å². The molecule has 2 aliphatic heterocycles. The predicted molar refractivity (Wildman–Crippen MR) is 127 cm³/mol. The summed E-state index contributed by atoms with van der Waals surface area (Å²) in [6.07, 6.45) is -0.357. The molecule has 0 fully saturated rings. The molecule has 0 saturated carbocycles. The molecule has 3 aromatic carbocycles. The van der Waals surface area contributed by atoms with E-state index < -0.39 is 6.23 Å². The predicted octanol–water partition coefficient (Wildman–Crippen LogP) is 7.16. The average molecular weight is 537 g/mol. The number of ether oxygens (including phenoxy) is 1. The summed E-state index contributed by atoms with van der Waals surface area (Å²) in [5.74, 6) is 0.242. The molecule has 31 heavy (non-hydrogen) atoms. The third-order valence-corrected chi connectivity index (χ3v) is 6.62. The van der Waals surface area contributed by atoms with Crippen LogP contribution in [0, 0.1) is 0 Å². The molecular formula is C23H14BrCl3N2O2. The molecule has 0 unspecified atom stereocenters. The molecule has 0 spiro atoms. The minimum Gasteiger partial charge on any atom is -0.459 e. The molecule has 0 aromatic heterocycles. The largest absolute Gasteiger partial charge is 0.459 e. The summed E-state index contributed by atoms with van der Waals surface area (Å²) in [6, 6.07) is 17.8. The quantitative estimate of drug-likeness (QED) is 0.334. The lowest BCUT2D eigenvalue weighted by Gasteiger charge is -2.37. The summed E-state index contributed by atoms with van der Waals surface area (Å²) < 4.78 is 7.10. The van der Waals surface area contributed by atoms with Crippen LogP contribution in [0.15, 0.2) is 70.2 Å². The van der Waals surface area contributed by atoms with Crippen molar-refractivity contribution in [3.05, 3.63) is 96.9 Å². The lowest BCUT2D eigenvalue weighted by Crippen LogP contribution is -2.46. The zero-order chi connectivity index (χ0) is 21.7. The number of carbonyl (C=O) groups is 1. The van der Waals surface area contributed by atoms with Crippen LogP contribution in [0.4, 0.5) is 0 Å². The highest BCUT2D eigenvalue weighted by atomic mass is 79.9. The highest BCUT2D eigenvalue weighted by Crippen LogP contribution is 2.47. The number of hydrazone groups is 1. The highest BCUT2D eigenvalue weighted by Gasteiger charge is 2.44. The maximum atomic E-state index is 13.4. The van der Waals surface area contributed by atoms with Gasteiger partial charge >= 0.3 is 0 Å². The maximum Gasteiger partial charge on any atom is 0.251 e. The Balaban J connectivity index is 1.59. The zero-order valence-corrected chi connectivity index (χ0v) is 19.7. The number of benzene rings is 3. The van der Waals surface area contributed by atoms with Gasteiger partial charge in [-0.05, 0) is 54.1 Å². The maximum absolute atomic E-state index is 13.4. The van der Waals surface area contributed by atoms with E-state index in [-0.39, 0.29) is 11.8 Å². The summed E-state index contributed by atoms with van der Waals surface area (Å²) in [5, 5.41) is 7.93. The third-order valence-electron chi connectivity index (χ3n) is 5.34. The van der Waals surface area contributed by atoms with Crippen LogP contribution in [0.3, 0.4) is 0 Å². The molecule has 2 heterocycles. The molecule has 0 radical (unpaired) electrons. The average Bonchev–Trinajstić information content (AvgIpc) is 3.19. The van der Waals surface area contributed by atoms with E-state index >= 15 is 0 Å². The van der Waals surface area contributed by atoms with Crippen LogP contribution < -0.4 is 4.74 Å². The normalized spacial score (nSPS) is 19.4. The van der Waals surface area contributed by atoms with Crippen molar-refractivity contribution < 1.29 is 9.53 Å². The Morgan fingerprint density at radius 2 is 1.71 bits per heavy atom. The van der Waals surface area contributed by atoms with Gasteiger partial charge in [-0.3, -0.25) is 4.79 Å². The number of rotatable bonds is 3. The second-order valence-corrected chi connectivity index (χ2v) is 9.50. The fraction of sp³-hybridized carbons (Fsp3) is 0.130. The van der Waals surface area contributed by atoms with Crippen LogP contribution in [0.2, 0.25) is 15.1 Å². The first-order valence-electron chi connectivity index (χ1n) is 9.48. The van der Waals surface area contributed by atoms with E-state index in [4.69, 9.17) is 44.6 Å². The molecule has 0 aliphatic carbocycles. The highest BCUT2D eigenvalue weighted by molar-refractivity contribution is 9.10. The SMILES string of the molecule is O=C(c1ccc(Cl)cc1)[C@H]1Oc2c(Cl)cc(Cl)cc2[C@H]2CC(c3ccc(Br)cc3)=NN12. The summed E-state index contributed by atoms with van der Waals surface area (Å²) in [4.78, 5) is 13.4. The fourth-order valence-corrected chi connectivity index (χ4v) is 4.80. The van der Waals surface area contributed by atoms with E-state index in [1.54, 1.807) is 35.3 Å². The topological polar surface area (TPSA) is 41.9 Å². The van der Waals surface area contributed by atoms with Crippen LogP contribution in [-0.2, 0) is 0 Å². The van der Waals surface area contributed by atoms with Crippen LogP contribution in [0.25, 0.3) is 0 Å². The number of ketones is 1. The summed E-state index contributed by atoms with van der Waals surface area (Å²) in [5.41, 5.74) is 3.13. The monoisotopic (exact) mass is 534 g/mol. The van der Waals surface area contributed by atoms with E-state index in [1.807, 2.05) is 30.3 Å². The summed E-state index contributed by atoms with van der Waals surface area (Å²) in [6.45, 7) is 0. The Hall–Kier alpha value is -2.05. The second-order valence-electron chi connectivity index (χ2n) is 7.30. The lowest BCUT2D eigenvalue weighted by molar-refractivity contribution is -0.00447. The third kappa shape index (κ3) is 3.85. The molecule has 5 rings (SSSR count). The lowest BCUT2D eigenvalue weighted by atomic mass is 9.95. The van der Waals surface area contributed by atoms with Crippen molar-refractivity contribution in [2.24, 2.45) is 5.10 Å². The number of hydrogen-bond donors (Lipinski definition) is 0. The minimum absolute atomic E-state index is 0.222. The van der Waals surface area contributed by atoms with Gasteiger partial charge in [-0.2, -0.15) is 5.10 Å². The van der Waals surface area contributed by atoms with Gasteiger partial charge in [0, 0.05) is 32.1 Å². The van der Waals surface area contributed by atoms with Gasteiger partial charge in [0.2, 0.25) is 5.78 Å². The molecule has 4 nitrogen and oxygen atoms in total. The van der Waals surface area contributed by atoms with Crippen molar-refractivity contribution in [1.82, 2.24) is 5.01 Å². The number of carbonyl (C=O) groups excluding carboxylic acids is 1. The smallest absolute Gasteiger partial charge is 0.251 e. The van der Waals surface area contributed by atoms with Gasteiger partial charge in [0.15, 0.2) is 0 Å². The molecular weight excluding hydrogens is 523 g/mol. The molecule has 8 heteroatoms. The van der Waals surface area contributed by atoms with Gasteiger partial charge in [-0.15, -0.1) is 0 Å². The van der Waals surface area contributed by atoms with Crippen molar-refractivity contribution in [3.63, 3.8) is 0 Å². The Morgan fingerprint density at radius 3 is 2.42 bits per heavy atom. The van der Waals surface area contributed by atoms with Gasteiger partial charge < -0.3 is 4.74 Å². The molecule has 156 valence electrons. The Labute approximate surface area is 202 Å². The molecule has 2 aliphatic rings. The molecule has 0 amide bonds. The van der Waals surface area contributed by atoms with Gasteiger partial charge in [-0.1, -0.05) is 62.9 Å². The molecule has 2 atom stereocenters. The van der Waals surface area contributed by atoms with E-state index in [1.165, 1.54) is 0 Å². The molecule has 0 bridgehead atoms. The minimum atomic E-state index is -0.953. The Morgan fingerprint density at radius 1 is 1.00 bits per heavy atom. The number of hydrogen-bond acceptors (Lipinski definition) is 4. The number of fused-ring (bicyclic) bond motifs is 3. The standard InChI is InChI=1S/C23H14BrCl3N2O2/c24-14-5-1-12(2-6-14)19-11-20-17-9-16(26)10-18(27)22(17)31-23(29(20)28-19)21(30)13-3-7-15(25)8-4-13/h1-10,20,23H,11H2/t20-,23-/m1/s1. The van der Waals surface area contributed by atoms with Crippen molar-refractivity contribution in [1.29, 1.82) is 0 Å². The van der Waals surface area contributed by atoms with Crippen LogP contribution in [-0.4, -0.2) is 22.7 Å². The number of nitrogens with zero attached hydrogens (tertiary/aromatic N) is 2. The van der Waals surface area contributed by atoms with Crippen LogP contribution in [0.5, 0.6) is 5.75 Å². The molecule has 0 saturated heterocycles. The Kier molecular flexibility index (Phi) is 5.47. The van der Waals surface area contributed by atoms with Gasteiger partial charge in [0.25, 0.3) is 6.23 Å². The van der Waals surface area contributed by atoms with Crippen molar-refractivity contribution >= 4 is 62.2 Å². The van der Waals surface area contributed by atoms with Crippen LogP contribution in [0.1, 0.15) is 33.9 Å². The zero-order valence-electron chi connectivity index (χ0n) is 15.9. The van der Waals surface area contributed by atoms with Gasteiger partial charge in [0.1, 0.15) is 5.75 Å². The molecule has 3 aromatic rings. The number of Topliss-reactive ketones (excluding diaryl/α,β-unsaturated/α-hetero) is 1. The first-order valence-corrected chi connectivity index (χ1v) is 11.4. The number of halogens is 4. The van der Waals surface area contributed by atoms with E-state index in [0.717, 1.165) is 21.3 Å². The van der Waals surface area contributed by atoms with Crippen molar-refractivity contribution in [2.75, 3.05) is 0 Å². The van der Waals surface area contributed by atoms with Crippen molar-refractivity contribution in [2.45, 2.75) is 18.7 Å². The first-order chi connectivity index (χ1) is 14.9.